The van der Waals surface area contributed by atoms with Gasteiger partial charge in [-0.25, -0.2) is 9.97 Å². The fourth-order valence-corrected chi connectivity index (χ4v) is 1.67. The van der Waals surface area contributed by atoms with Gasteiger partial charge in [-0.05, 0) is 24.3 Å². The first-order chi connectivity index (χ1) is 8.84. The highest BCUT2D eigenvalue weighted by atomic mass is 35.5. The van der Waals surface area contributed by atoms with E-state index in [1.165, 1.54) is 0 Å². The quantitative estimate of drug-likeness (QED) is 0.877. The van der Waals surface area contributed by atoms with E-state index in [1.807, 2.05) is 45.0 Å². The minimum atomic E-state index is -0.147. The van der Waals surface area contributed by atoms with Crippen molar-refractivity contribution in [1.82, 2.24) is 9.97 Å². The van der Waals surface area contributed by atoms with Crippen molar-refractivity contribution in [2.24, 2.45) is 0 Å². The molecule has 0 amide bonds. The zero-order valence-electron chi connectivity index (χ0n) is 11.2. The third kappa shape index (κ3) is 3.58. The van der Waals surface area contributed by atoms with E-state index in [0.717, 1.165) is 5.69 Å². The number of benzene rings is 1. The number of anilines is 3. The number of rotatable bonds is 2. The van der Waals surface area contributed by atoms with Crippen molar-refractivity contribution in [3.63, 3.8) is 0 Å². The number of nitrogen functional groups attached to an aromatic ring is 1. The fraction of sp³-hybridized carbons (Fsp3) is 0.286. The molecule has 2 aromatic rings. The standard InChI is InChI=1S/C14H17ClN4/c1-14(2,3)13-18-11(16)8-12(19-13)17-10-6-4-9(15)5-7-10/h4-8H,1-3H3,(H3,16,17,18,19). The largest absolute Gasteiger partial charge is 0.384 e. The predicted octanol–water partition coefficient (Wildman–Crippen LogP) is 3.75. The molecule has 0 saturated heterocycles. The van der Waals surface area contributed by atoms with E-state index in [-0.39, 0.29) is 5.41 Å². The summed E-state index contributed by atoms with van der Waals surface area (Å²) >= 11 is 5.85. The van der Waals surface area contributed by atoms with Gasteiger partial charge in [0.1, 0.15) is 17.5 Å². The van der Waals surface area contributed by atoms with Crippen molar-refractivity contribution < 1.29 is 0 Å². The Labute approximate surface area is 118 Å². The van der Waals surface area contributed by atoms with Crippen LogP contribution >= 0.6 is 11.6 Å². The first-order valence-electron chi connectivity index (χ1n) is 6.02. The summed E-state index contributed by atoms with van der Waals surface area (Å²) in [5.41, 5.74) is 6.58. The highest BCUT2D eigenvalue weighted by Gasteiger charge is 2.18. The molecule has 0 atom stereocenters. The van der Waals surface area contributed by atoms with Crippen molar-refractivity contribution in [2.45, 2.75) is 26.2 Å². The van der Waals surface area contributed by atoms with Crippen LogP contribution in [0.5, 0.6) is 0 Å². The van der Waals surface area contributed by atoms with Gasteiger partial charge in [-0.1, -0.05) is 32.4 Å². The Balaban J connectivity index is 2.30. The van der Waals surface area contributed by atoms with Gasteiger partial charge >= 0.3 is 0 Å². The van der Waals surface area contributed by atoms with E-state index in [0.29, 0.717) is 22.5 Å². The van der Waals surface area contributed by atoms with Crippen molar-refractivity contribution in [3.8, 4) is 0 Å². The van der Waals surface area contributed by atoms with Gasteiger partial charge in [-0.3, -0.25) is 0 Å². The molecule has 19 heavy (non-hydrogen) atoms. The summed E-state index contributed by atoms with van der Waals surface area (Å²) in [6, 6.07) is 9.12. The third-order valence-electron chi connectivity index (χ3n) is 2.53. The molecule has 0 spiro atoms. The van der Waals surface area contributed by atoms with Gasteiger partial charge in [0.25, 0.3) is 0 Å². The van der Waals surface area contributed by atoms with E-state index >= 15 is 0 Å². The fourth-order valence-electron chi connectivity index (χ4n) is 1.55. The van der Waals surface area contributed by atoms with Gasteiger partial charge in [-0.15, -0.1) is 0 Å². The molecule has 100 valence electrons. The SMILES string of the molecule is CC(C)(C)c1nc(N)cc(Nc2ccc(Cl)cc2)n1. The second kappa shape index (κ2) is 5.05. The minimum absolute atomic E-state index is 0.147. The van der Waals surface area contributed by atoms with Crippen LogP contribution in [0.2, 0.25) is 5.02 Å². The third-order valence-corrected chi connectivity index (χ3v) is 2.79. The second-order valence-electron chi connectivity index (χ2n) is 5.38. The number of nitrogens with zero attached hydrogens (tertiary/aromatic N) is 2. The summed E-state index contributed by atoms with van der Waals surface area (Å²) in [4.78, 5) is 8.75. The monoisotopic (exact) mass is 276 g/mol. The molecule has 4 nitrogen and oxygen atoms in total. The molecule has 0 aliphatic carbocycles. The van der Waals surface area contributed by atoms with Gasteiger partial charge < -0.3 is 11.1 Å². The average molecular weight is 277 g/mol. The van der Waals surface area contributed by atoms with Gasteiger partial charge in [0, 0.05) is 22.2 Å². The highest BCUT2D eigenvalue weighted by Crippen LogP contribution is 2.23. The number of nitrogens with one attached hydrogen (secondary N) is 1. The Hall–Kier alpha value is -1.81. The Morgan fingerprint density at radius 3 is 2.32 bits per heavy atom. The van der Waals surface area contributed by atoms with Crippen LogP contribution in [0.4, 0.5) is 17.3 Å². The van der Waals surface area contributed by atoms with Crippen LogP contribution in [0, 0.1) is 0 Å². The van der Waals surface area contributed by atoms with Gasteiger partial charge in [0.05, 0.1) is 0 Å². The lowest BCUT2D eigenvalue weighted by Gasteiger charge is -2.18. The Morgan fingerprint density at radius 1 is 1.11 bits per heavy atom. The van der Waals surface area contributed by atoms with Crippen LogP contribution in [0.15, 0.2) is 30.3 Å². The molecular weight excluding hydrogens is 260 g/mol. The molecule has 1 aromatic carbocycles. The summed E-state index contributed by atoms with van der Waals surface area (Å²) in [7, 11) is 0. The van der Waals surface area contributed by atoms with Gasteiger partial charge in [0.2, 0.25) is 0 Å². The van der Waals surface area contributed by atoms with E-state index in [1.54, 1.807) is 6.07 Å². The van der Waals surface area contributed by atoms with E-state index in [9.17, 15) is 0 Å². The number of hydrogen-bond acceptors (Lipinski definition) is 4. The number of nitrogens with two attached hydrogens (primary N) is 1. The van der Waals surface area contributed by atoms with Gasteiger partial charge in [-0.2, -0.15) is 0 Å². The van der Waals surface area contributed by atoms with E-state index in [2.05, 4.69) is 15.3 Å². The molecular formula is C14H17ClN4. The lowest BCUT2D eigenvalue weighted by Crippen LogP contribution is -2.17. The topological polar surface area (TPSA) is 63.8 Å². The summed E-state index contributed by atoms with van der Waals surface area (Å²) in [6.07, 6.45) is 0. The number of hydrogen-bond donors (Lipinski definition) is 2. The van der Waals surface area contributed by atoms with Gasteiger partial charge in [0.15, 0.2) is 0 Å². The van der Waals surface area contributed by atoms with E-state index in [4.69, 9.17) is 17.3 Å². The Morgan fingerprint density at radius 2 is 1.74 bits per heavy atom. The normalized spacial score (nSPS) is 11.4. The first-order valence-corrected chi connectivity index (χ1v) is 6.40. The maximum absolute atomic E-state index is 5.85. The number of halogens is 1. The lowest BCUT2D eigenvalue weighted by molar-refractivity contribution is 0.547. The molecule has 3 N–H and O–H groups in total. The van der Waals surface area contributed by atoms with Crippen LogP contribution < -0.4 is 11.1 Å². The molecule has 1 aromatic heterocycles. The zero-order valence-corrected chi connectivity index (χ0v) is 12.0. The lowest BCUT2D eigenvalue weighted by atomic mass is 9.96. The molecule has 0 radical (unpaired) electrons. The molecule has 2 rings (SSSR count). The predicted molar refractivity (Wildman–Crippen MR) is 79.9 cm³/mol. The van der Waals surface area contributed by atoms with Crippen LogP contribution in [0.3, 0.4) is 0 Å². The maximum Gasteiger partial charge on any atom is 0.138 e. The van der Waals surface area contributed by atoms with Crippen LogP contribution in [0.25, 0.3) is 0 Å². The molecule has 0 unspecified atom stereocenters. The van der Waals surface area contributed by atoms with E-state index < -0.39 is 0 Å². The molecule has 0 aliphatic heterocycles. The van der Waals surface area contributed by atoms with Crippen molar-refractivity contribution >= 4 is 28.9 Å². The van der Waals surface area contributed by atoms with Crippen LogP contribution in [-0.2, 0) is 5.41 Å². The average Bonchev–Trinajstić information content (AvgIpc) is 2.30. The molecule has 0 saturated carbocycles. The van der Waals surface area contributed by atoms with Crippen molar-refractivity contribution in [3.05, 3.63) is 41.2 Å². The van der Waals surface area contributed by atoms with Crippen molar-refractivity contribution in [1.29, 1.82) is 0 Å². The molecule has 0 aliphatic rings. The molecule has 1 heterocycles. The molecule has 0 fully saturated rings. The first kappa shape index (κ1) is 13.6. The number of aromatic nitrogens is 2. The zero-order chi connectivity index (χ0) is 14.0. The summed E-state index contributed by atoms with van der Waals surface area (Å²) in [5.74, 6) is 1.85. The Kier molecular flexibility index (Phi) is 3.62. The maximum atomic E-state index is 5.85. The van der Waals surface area contributed by atoms with Crippen LogP contribution in [0.1, 0.15) is 26.6 Å². The molecule has 0 bridgehead atoms. The van der Waals surface area contributed by atoms with Crippen molar-refractivity contribution in [2.75, 3.05) is 11.1 Å². The summed E-state index contributed by atoms with van der Waals surface area (Å²) < 4.78 is 0. The Bertz CT molecular complexity index is 573. The minimum Gasteiger partial charge on any atom is -0.384 e. The summed E-state index contributed by atoms with van der Waals surface area (Å²) in [5, 5.41) is 3.89. The highest BCUT2D eigenvalue weighted by molar-refractivity contribution is 6.30. The molecule has 5 heteroatoms. The van der Waals surface area contributed by atoms with Crippen LogP contribution in [-0.4, -0.2) is 9.97 Å². The smallest absolute Gasteiger partial charge is 0.138 e. The summed E-state index contributed by atoms with van der Waals surface area (Å²) in [6.45, 7) is 6.15. The second-order valence-corrected chi connectivity index (χ2v) is 5.82.